The Labute approximate surface area is 80.7 Å². The van der Waals surface area contributed by atoms with Crippen molar-refractivity contribution in [3.8, 4) is 0 Å². The summed E-state index contributed by atoms with van der Waals surface area (Å²) in [4.78, 5) is 13.0. The molecule has 0 fully saturated rings. The van der Waals surface area contributed by atoms with E-state index in [4.69, 9.17) is 5.11 Å². The number of carboxylic acid groups (broad SMARTS) is 1. The second-order valence-corrected chi connectivity index (χ2v) is 3.39. The van der Waals surface area contributed by atoms with E-state index in [-0.39, 0.29) is 12.0 Å². The van der Waals surface area contributed by atoms with E-state index in [1.165, 1.54) is 0 Å². The van der Waals surface area contributed by atoms with Crippen molar-refractivity contribution in [2.24, 2.45) is 5.92 Å². The second-order valence-electron chi connectivity index (χ2n) is 3.39. The molecule has 2 unspecified atom stereocenters. The Kier molecular flexibility index (Phi) is 5.71. The Morgan fingerprint density at radius 2 is 1.77 bits per heavy atom. The molecule has 0 bridgehead atoms. The molecule has 3 heteroatoms. The van der Waals surface area contributed by atoms with Gasteiger partial charge in [-0.05, 0) is 19.0 Å². The van der Waals surface area contributed by atoms with Crippen molar-refractivity contribution in [2.45, 2.75) is 40.2 Å². The predicted octanol–water partition coefficient (Wildman–Crippen LogP) is 1.83. The fourth-order valence-corrected chi connectivity index (χ4v) is 1.60. The van der Waals surface area contributed by atoms with E-state index in [2.05, 4.69) is 0 Å². The molecule has 0 aromatic heterocycles. The Balaban J connectivity index is 4.47. The number of nitrogens with zero attached hydrogens (tertiary/aromatic N) is 1. The predicted molar refractivity (Wildman–Crippen MR) is 53.8 cm³/mol. The first-order valence-electron chi connectivity index (χ1n) is 5.05. The van der Waals surface area contributed by atoms with Crippen LogP contribution in [0.25, 0.3) is 0 Å². The van der Waals surface area contributed by atoms with E-state index in [9.17, 15) is 4.79 Å². The minimum atomic E-state index is -0.696. The first kappa shape index (κ1) is 12.4. The molecular weight excluding hydrogens is 166 g/mol. The van der Waals surface area contributed by atoms with E-state index in [1.807, 2.05) is 32.6 Å². The van der Waals surface area contributed by atoms with E-state index in [1.54, 1.807) is 0 Å². The Bertz CT molecular complexity index is 155. The first-order valence-corrected chi connectivity index (χ1v) is 5.05. The number of rotatable bonds is 6. The molecule has 0 aliphatic carbocycles. The van der Waals surface area contributed by atoms with E-state index < -0.39 is 5.97 Å². The quantitative estimate of drug-likeness (QED) is 0.689. The van der Waals surface area contributed by atoms with Crippen LogP contribution in [0.5, 0.6) is 0 Å². The SMILES string of the molecule is CCC(C)C(C(=O)O)N(CC)CC. The van der Waals surface area contributed by atoms with Gasteiger partial charge in [-0.2, -0.15) is 0 Å². The van der Waals surface area contributed by atoms with E-state index >= 15 is 0 Å². The summed E-state index contributed by atoms with van der Waals surface area (Å²) in [6.07, 6.45) is 0.910. The molecule has 0 aromatic carbocycles. The summed E-state index contributed by atoms with van der Waals surface area (Å²) in [6, 6.07) is -0.319. The summed E-state index contributed by atoms with van der Waals surface area (Å²) in [6.45, 7) is 9.64. The van der Waals surface area contributed by atoms with Gasteiger partial charge in [-0.3, -0.25) is 9.69 Å². The van der Waals surface area contributed by atoms with Crippen LogP contribution in [0.2, 0.25) is 0 Å². The van der Waals surface area contributed by atoms with Crippen molar-refractivity contribution in [1.82, 2.24) is 4.90 Å². The molecule has 0 radical (unpaired) electrons. The molecule has 0 spiro atoms. The number of aliphatic carboxylic acids is 1. The number of carbonyl (C=O) groups is 1. The van der Waals surface area contributed by atoms with Crippen LogP contribution in [-0.4, -0.2) is 35.1 Å². The van der Waals surface area contributed by atoms with Crippen LogP contribution in [0, 0.1) is 5.92 Å². The van der Waals surface area contributed by atoms with Gasteiger partial charge in [0.25, 0.3) is 0 Å². The zero-order chi connectivity index (χ0) is 10.4. The lowest BCUT2D eigenvalue weighted by Gasteiger charge is -2.30. The number of hydrogen-bond acceptors (Lipinski definition) is 2. The van der Waals surface area contributed by atoms with Crippen molar-refractivity contribution in [3.05, 3.63) is 0 Å². The largest absolute Gasteiger partial charge is 0.480 e. The number of carboxylic acids is 1. The van der Waals surface area contributed by atoms with Gasteiger partial charge in [0, 0.05) is 0 Å². The van der Waals surface area contributed by atoms with Gasteiger partial charge >= 0.3 is 5.97 Å². The second kappa shape index (κ2) is 5.97. The summed E-state index contributed by atoms with van der Waals surface area (Å²) < 4.78 is 0. The van der Waals surface area contributed by atoms with Crippen LogP contribution >= 0.6 is 0 Å². The average molecular weight is 187 g/mol. The Hall–Kier alpha value is -0.570. The highest BCUT2D eigenvalue weighted by atomic mass is 16.4. The third-order valence-corrected chi connectivity index (χ3v) is 2.64. The standard InChI is InChI=1S/C10H21NO2/c1-5-8(4)9(10(12)13)11(6-2)7-3/h8-9H,5-7H2,1-4H3,(H,12,13). The van der Waals surface area contributed by atoms with Crippen LogP contribution in [-0.2, 0) is 4.79 Å². The summed E-state index contributed by atoms with van der Waals surface area (Å²) in [5.74, 6) is -0.476. The lowest BCUT2D eigenvalue weighted by Crippen LogP contribution is -2.45. The van der Waals surface area contributed by atoms with Gasteiger partial charge in [0.05, 0.1) is 0 Å². The average Bonchev–Trinajstić information content (AvgIpc) is 2.12. The first-order chi connectivity index (χ1) is 6.08. The molecule has 13 heavy (non-hydrogen) atoms. The van der Waals surface area contributed by atoms with Crippen LogP contribution in [0.3, 0.4) is 0 Å². The van der Waals surface area contributed by atoms with Crippen molar-refractivity contribution in [2.75, 3.05) is 13.1 Å². The number of likely N-dealkylation sites (N-methyl/N-ethyl adjacent to an activating group) is 1. The van der Waals surface area contributed by atoms with Gasteiger partial charge in [0.2, 0.25) is 0 Å². The maximum absolute atomic E-state index is 11.0. The molecule has 78 valence electrons. The van der Waals surface area contributed by atoms with Crippen LogP contribution in [0.1, 0.15) is 34.1 Å². The molecule has 0 saturated carbocycles. The van der Waals surface area contributed by atoms with Gasteiger partial charge in [0.15, 0.2) is 0 Å². The molecule has 0 aromatic rings. The van der Waals surface area contributed by atoms with Crippen LogP contribution < -0.4 is 0 Å². The number of hydrogen-bond donors (Lipinski definition) is 1. The zero-order valence-electron chi connectivity index (χ0n) is 9.08. The van der Waals surface area contributed by atoms with E-state index in [0.717, 1.165) is 19.5 Å². The zero-order valence-corrected chi connectivity index (χ0v) is 9.08. The molecule has 0 aliphatic rings. The minimum absolute atomic E-state index is 0.220. The molecule has 0 saturated heterocycles. The molecule has 0 aliphatic heterocycles. The van der Waals surface area contributed by atoms with Crippen LogP contribution in [0.15, 0.2) is 0 Å². The fourth-order valence-electron chi connectivity index (χ4n) is 1.60. The highest BCUT2D eigenvalue weighted by molar-refractivity contribution is 5.73. The third-order valence-electron chi connectivity index (χ3n) is 2.64. The Morgan fingerprint density at radius 3 is 2.00 bits per heavy atom. The van der Waals surface area contributed by atoms with E-state index in [0.29, 0.717) is 0 Å². The Morgan fingerprint density at radius 1 is 1.31 bits per heavy atom. The smallest absolute Gasteiger partial charge is 0.321 e. The monoisotopic (exact) mass is 187 g/mol. The summed E-state index contributed by atoms with van der Waals surface area (Å²) in [5, 5.41) is 9.07. The molecule has 0 heterocycles. The lowest BCUT2D eigenvalue weighted by atomic mass is 9.98. The molecule has 2 atom stereocenters. The van der Waals surface area contributed by atoms with Crippen LogP contribution in [0.4, 0.5) is 0 Å². The third kappa shape index (κ3) is 3.35. The van der Waals surface area contributed by atoms with Crippen molar-refractivity contribution < 1.29 is 9.90 Å². The molecule has 0 rings (SSSR count). The van der Waals surface area contributed by atoms with Gasteiger partial charge in [-0.15, -0.1) is 0 Å². The van der Waals surface area contributed by atoms with Crippen molar-refractivity contribution in [3.63, 3.8) is 0 Å². The maximum Gasteiger partial charge on any atom is 0.321 e. The lowest BCUT2D eigenvalue weighted by molar-refractivity contribution is -0.145. The highest BCUT2D eigenvalue weighted by Crippen LogP contribution is 2.14. The van der Waals surface area contributed by atoms with Gasteiger partial charge in [0.1, 0.15) is 6.04 Å². The molecular formula is C10H21NO2. The highest BCUT2D eigenvalue weighted by Gasteiger charge is 2.27. The minimum Gasteiger partial charge on any atom is -0.480 e. The van der Waals surface area contributed by atoms with Gasteiger partial charge < -0.3 is 5.11 Å². The van der Waals surface area contributed by atoms with Crippen molar-refractivity contribution >= 4 is 5.97 Å². The summed E-state index contributed by atoms with van der Waals surface area (Å²) in [7, 11) is 0. The molecule has 1 N–H and O–H groups in total. The van der Waals surface area contributed by atoms with Crippen molar-refractivity contribution in [1.29, 1.82) is 0 Å². The molecule has 0 amide bonds. The topological polar surface area (TPSA) is 40.5 Å². The van der Waals surface area contributed by atoms with Gasteiger partial charge in [-0.25, -0.2) is 0 Å². The normalized spacial score (nSPS) is 15.8. The maximum atomic E-state index is 11.0. The fraction of sp³-hybridized carbons (Fsp3) is 0.900. The van der Waals surface area contributed by atoms with Gasteiger partial charge in [-0.1, -0.05) is 34.1 Å². The summed E-state index contributed by atoms with van der Waals surface area (Å²) in [5.41, 5.74) is 0. The summed E-state index contributed by atoms with van der Waals surface area (Å²) >= 11 is 0. The molecule has 3 nitrogen and oxygen atoms in total.